The molecule has 22 heavy (non-hydrogen) atoms. The van der Waals surface area contributed by atoms with Crippen LogP contribution in [0, 0.1) is 0 Å². The summed E-state index contributed by atoms with van der Waals surface area (Å²) in [6.45, 7) is 0.0881. The van der Waals surface area contributed by atoms with Crippen molar-refractivity contribution in [2.24, 2.45) is 0 Å². The Morgan fingerprint density at radius 1 is 1.50 bits per heavy atom. The zero-order valence-corrected chi connectivity index (χ0v) is 15.2. The van der Waals surface area contributed by atoms with Crippen molar-refractivity contribution in [1.82, 2.24) is 0 Å². The molecule has 1 aromatic rings. The van der Waals surface area contributed by atoms with E-state index in [0.717, 1.165) is 6.26 Å². The predicted molar refractivity (Wildman–Crippen MR) is 85.1 cm³/mol. The second-order valence-electron chi connectivity index (χ2n) is 4.77. The van der Waals surface area contributed by atoms with Crippen molar-refractivity contribution in [1.29, 1.82) is 0 Å². The average molecular weight is 416 g/mol. The first kappa shape index (κ1) is 18.0. The van der Waals surface area contributed by atoms with Gasteiger partial charge < -0.3 is 14.2 Å². The molecule has 0 saturated carbocycles. The third-order valence-corrected chi connectivity index (χ3v) is 4.71. The summed E-state index contributed by atoms with van der Waals surface area (Å²) in [5.74, 6) is -0.469. The third kappa shape index (κ3) is 4.12. The van der Waals surface area contributed by atoms with Gasteiger partial charge in [0, 0.05) is 5.56 Å². The molecule has 1 saturated heterocycles. The maximum absolute atomic E-state index is 11.1. The largest absolute Gasteiger partial charge is 0.497 e. The number of hydrogen-bond donors (Lipinski definition) is 0. The van der Waals surface area contributed by atoms with Gasteiger partial charge in [-0.1, -0.05) is 27.5 Å². The Kier molecular flexibility index (Phi) is 5.73. The van der Waals surface area contributed by atoms with Crippen molar-refractivity contribution >= 4 is 37.6 Å². The van der Waals surface area contributed by atoms with E-state index in [1.165, 1.54) is 0 Å². The second-order valence-corrected chi connectivity index (χ2v) is 7.38. The van der Waals surface area contributed by atoms with Gasteiger partial charge in [0.1, 0.15) is 11.9 Å². The van der Waals surface area contributed by atoms with Crippen LogP contribution in [0.1, 0.15) is 5.56 Å². The summed E-state index contributed by atoms with van der Waals surface area (Å²) < 4.78 is 43.6. The van der Waals surface area contributed by atoms with Crippen LogP contribution in [-0.2, 0) is 29.6 Å². The first-order valence-electron chi connectivity index (χ1n) is 6.36. The lowest BCUT2D eigenvalue weighted by Gasteiger charge is -2.27. The number of ether oxygens (including phenoxy) is 3. The molecule has 124 valence electrons. The average Bonchev–Trinajstić information content (AvgIpc) is 2.89. The smallest absolute Gasteiger partial charge is 0.264 e. The molecule has 0 radical (unpaired) electrons. The highest BCUT2D eigenvalue weighted by molar-refractivity contribution is 9.09. The fraction of sp³-hybridized carbons (Fsp3) is 0.538. The zero-order chi connectivity index (χ0) is 16.4. The molecule has 1 aliphatic rings. The van der Waals surface area contributed by atoms with Gasteiger partial charge in [-0.05, 0) is 18.2 Å². The summed E-state index contributed by atoms with van der Waals surface area (Å²) in [6, 6.07) is 5.16. The van der Waals surface area contributed by atoms with E-state index in [-0.39, 0.29) is 13.2 Å². The quantitative estimate of drug-likeness (QED) is 0.524. The van der Waals surface area contributed by atoms with E-state index in [1.54, 1.807) is 25.3 Å². The molecule has 0 aliphatic carbocycles. The highest BCUT2D eigenvalue weighted by atomic mass is 79.9. The summed E-state index contributed by atoms with van der Waals surface area (Å²) in [5, 5.41) is 0.769. The van der Waals surface area contributed by atoms with E-state index < -0.39 is 22.0 Å². The molecule has 1 fully saturated rings. The van der Waals surface area contributed by atoms with Gasteiger partial charge in [0.2, 0.25) is 5.79 Å². The summed E-state index contributed by atoms with van der Waals surface area (Å²) in [6.07, 6.45) is 0.478. The monoisotopic (exact) mass is 414 g/mol. The molecule has 0 amide bonds. The molecular weight excluding hydrogens is 400 g/mol. The molecule has 1 heterocycles. The Morgan fingerprint density at radius 2 is 2.23 bits per heavy atom. The first-order chi connectivity index (χ1) is 10.3. The Morgan fingerprint density at radius 3 is 2.77 bits per heavy atom. The van der Waals surface area contributed by atoms with Crippen LogP contribution in [0.25, 0.3) is 0 Å². The molecule has 0 unspecified atom stereocenters. The number of hydrogen-bond acceptors (Lipinski definition) is 6. The second kappa shape index (κ2) is 7.02. The fourth-order valence-corrected chi connectivity index (χ4v) is 3.37. The van der Waals surface area contributed by atoms with Gasteiger partial charge >= 0.3 is 0 Å². The third-order valence-electron chi connectivity index (χ3n) is 3.09. The topological polar surface area (TPSA) is 71.1 Å². The summed E-state index contributed by atoms with van der Waals surface area (Å²) in [5.41, 5.74) is 0.633. The Hall–Kier alpha value is -0.380. The Balaban J connectivity index is 2.17. The van der Waals surface area contributed by atoms with Crippen molar-refractivity contribution in [2.75, 3.05) is 31.9 Å². The standard InChI is InChI=1S/C13H16BrClO6S/c1-18-9-3-4-11(12(15)5-9)13(8-14)19-6-10(21-13)7-20-22(2,16)17/h3-5,10H,6-8H2,1-2H3/t10-,13+/m0/s1. The van der Waals surface area contributed by atoms with Gasteiger partial charge in [0.05, 0.1) is 36.9 Å². The molecule has 0 spiro atoms. The van der Waals surface area contributed by atoms with Crippen LogP contribution < -0.4 is 4.74 Å². The molecule has 2 atom stereocenters. The van der Waals surface area contributed by atoms with Gasteiger partial charge in [-0.3, -0.25) is 4.18 Å². The Bertz CT molecular complexity index is 637. The SMILES string of the molecule is COc1ccc([C@]2(CBr)OC[C@@H](COS(C)(=O)=O)O2)c(Cl)c1. The van der Waals surface area contributed by atoms with E-state index in [2.05, 4.69) is 15.9 Å². The number of methoxy groups -OCH3 is 1. The molecular formula is C13H16BrClO6S. The molecule has 0 N–H and O–H groups in total. The van der Waals surface area contributed by atoms with E-state index in [9.17, 15) is 8.42 Å². The molecule has 1 aromatic carbocycles. The van der Waals surface area contributed by atoms with Crippen LogP contribution in [0.15, 0.2) is 18.2 Å². The lowest BCUT2D eigenvalue weighted by molar-refractivity contribution is -0.159. The minimum Gasteiger partial charge on any atom is -0.497 e. The van der Waals surface area contributed by atoms with Crippen molar-refractivity contribution in [3.05, 3.63) is 28.8 Å². The summed E-state index contributed by atoms with van der Waals surface area (Å²) >= 11 is 9.62. The summed E-state index contributed by atoms with van der Waals surface area (Å²) in [4.78, 5) is 0. The predicted octanol–water partition coefficient (Wildman–Crippen LogP) is 2.29. The van der Waals surface area contributed by atoms with E-state index in [0.29, 0.717) is 21.7 Å². The van der Waals surface area contributed by atoms with Crippen LogP contribution in [0.4, 0.5) is 0 Å². The van der Waals surface area contributed by atoms with Crippen molar-refractivity contribution in [3.8, 4) is 5.75 Å². The molecule has 6 nitrogen and oxygen atoms in total. The van der Waals surface area contributed by atoms with Gasteiger partial charge in [0.15, 0.2) is 0 Å². The van der Waals surface area contributed by atoms with Gasteiger partial charge in [-0.25, -0.2) is 0 Å². The van der Waals surface area contributed by atoms with Gasteiger partial charge in [-0.2, -0.15) is 8.42 Å². The highest BCUT2D eigenvalue weighted by Crippen LogP contribution is 2.40. The van der Waals surface area contributed by atoms with Gasteiger partial charge in [-0.15, -0.1) is 0 Å². The lowest BCUT2D eigenvalue weighted by atomic mass is 10.1. The van der Waals surface area contributed by atoms with Crippen LogP contribution in [0.2, 0.25) is 5.02 Å². The van der Waals surface area contributed by atoms with Crippen LogP contribution in [-0.4, -0.2) is 46.4 Å². The highest BCUT2D eigenvalue weighted by Gasteiger charge is 2.44. The fourth-order valence-electron chi connectivity index (χ4n) is 2.06. The van der Waals surface area contributed by atoms with E-state index in [1.807, 2.05) is 0 Å². The van der Waals surface area contributed by atoms with Crippen molar-refractivity contribution < 1.29 is 26.8 Å². The number of benzene rings is 1. The molecule has 0 bridgehead atoms. The normalized spacial score (nSPS) is 25.4. The zero-order valence-electron chi connectivity index (χ0n) is 12.0. The molecule has 1 aliphatic heterocycles. The maximum atomic E-state index is 11.1. The molecule has 9 heteroatoms. The number of halogens is 2. The first-order valence-corrected chi connectivity index (χ1v) is 9.67. The van der Waals surface area contributed by atoms with E-state index in [4.69, 9.17) is 30.0 Å². The van der Waals surface area contributed by atoms with Crippen LogP contribution in [0.5, 0.6) is 5.75 Å². The Labute approximate surface area is 142 Å². The summed E-state index contributed by atoms with van der Waals surface area (Å²) in [7, 11) is -1.98. The minimum atomic E-state index is -3.53. The van der Waals surface area contributed by atoms with Crippen LogP contribution >= 0.6 is 27.5 Å². The number of alkyl halides is 1. The lowest BCUT2D eigenvalue weighted by Crippen LogP contribution is -2.31. The minimum absolute atomic E-state index is 0.110. The van der Waals surface area contributed by atoms with Gasteiger partial charge in [0.25, 0.3) is 10.1 Å². The molecule has 2 rings (SSSR count). The maximum Gasteiger partial charge on any atom is 0.264 e. The van der Waals surface area contributed by atoms with E-state index >= 15 is 0 Å². The molecule has 0 aromatic heterocycles. The van der Waals surface area contributed by atoms with Crippen molar-refractivity contribution in [2.45, 2.75) is 11.9 Å². The number of rotatable bonds is 6. The van der Waals surface area contributed by atoms with Crippen LogP contribution in [0.3, 0.4) is 0 Å². The van der Waals surface area contributed by atoms with Crippen molar-refractivity contribution in [3.63, 3.8) is 0 Å².